The van der Waals surface area contributed by atoms with Crippen molar-refractivity contribution in [1.82, 2.24) is 0 Å². The van der Waals surface area contributed by atoms with Crippen LogP contribution in [0.3, 0.4) is 0 Å². The smallest absolute Gasteiger partial charge is 0.402 e. The lowest BCUT2D eigenvalue weighted by molar-refractivity contribution is 0.278. The molecule has 0 spiro atoms. The van der Waals surface area contributed by atoms with Crippen molar-refractivity contribution in [3.05, 3.63) is 0 Å². The van der Waals surface area contributed by atoms with E-state index in [-0.39, 0.29) is 16.0 Å². The molecule has 0 unspecified atom stereocenters. The van der Waals surface area contributed by atoms with Gasteiger partial charge in [0, 0.05) is 0 Å². The first-order valence-electron chi connectivity index (χ1n) is 1.31. The van der Waals surface area contributed by atoms with Gasteiger partial charge in [0.2, 0.25) is 0 Å². The molecule has 7 heavy (non-hydrogen) atoms. The highest BCUT2D eigenvalue weighted by Crippen LogP contribution is 1.77. The highest BCUT2D eigenvalue weighted by molar-refractivity contribution is 9.47. The van der Waals surface area contributed by atoms with Crippen molar-refractivity contribution in [3.8, 4) is 0 Å². The quantitative estimate of drug-likeness (QED) is 0.493. The minimum absolute atomic E-state index is 0.0417. The monoisotopic (exact) mass is 244 g/mol. The topological polar surface area (TPSA) is 60.7 Å². The predicted molar refractivity (Wildman–Crippen MR) is 36.0 cm³/mol. The van der Waals surface area contributed by atoms with Gasteiger partial charge in [-0.2, -0.15) is 0 Å². The Balaban J connectivity index is 0. The molecule has 0 aliphatic rings. The lowest BCUT2D eigenvalue weighted by Crippen LogP contribution is -2.07. The molecule has 40 valence electrons. The molecule has 0 atom stereocenters. The molecule has 3 nitrogen and oxygen atoms in total. The van der Waals surface area contributed by atoms with Gasteiger partial charge >= 0.3 is 23.3 Å². The van der Waals surface area contributed by atoms with E-state index in [4.69, 9.17) is 15.1 Å². The number of hydrogen-bond donors (Lipinski definition) is 3. The average molecular weight is 246 g/mol. The molecule has 0 aromatic rings. The summed E-state index contributed by atoms with van der Waals surface area (Å²) in [6, 6.07) is 0. The Kier molecular flexibility index (Phi) is 17.4. The van der Waals surface area contributed by atoms with Crippen LogP contribution >= 0.6 is 25.8 Å². The Hall–Kier alpha value is 1.67. The minimum Gasteiger partial charge on any atom is -0.402 e. The fourth-order valence-corrected chi connectivity index (χ4v) is 0. The van der Waals surface area contributed by atoms with Gasteiger partial charge in [0.05, 0.1) is 0 Å². The van der Waals surface area contributed by atoms with Gasteiger partial charge in [-0.05, 0) is 0 Å². The molecule has 0 amide bonds. The zero-order chi connectivity index (χ0) is 6.28. The molecule has 0 aliphatic carbocycles. The first-order chi connectivity index (χ1) is 3.15. The van der Waals surface area contributed by atoms with E-state index in [0.717, 1.165) is 0 Å². The van der Waals surface area contributed by atoms with Crippen LogP contribution in [0.1, 0.15) is 0 Å². The van der Waals surface area contributed by atoms with Gasteiger partial charge in [0.25, 0.3) is 0 Å². The molecule has 0 aromatic carbocycles. The predicted octanol–water partition coefficient (Wildman–Crippen LogP) is -0.741. The van der Waals surface area contributed by atoms with Crippen molar-refractivity contribution in [3.63, 3.8) is 0 Å². The van der Waals surface area contributed by atoms with Crippen LogP contribution in [0.25, 0.3) is 0 Å². The molecule has 0 rings (SSSR count). The second-order valence-electron chi connectivity index (χ2n) is 0.447. The maximum atomic E-state index is 7.17. The van der Waals surface area contributed by atoms with E-state index in [9.17, 15) is 0 Å². The lowest BCUT2D eigenvalue weighted by Gasteiger charge is -1.69. The average Bonchev–Trinajstić information content (AvgIpc) is 1.33. The highest BCUT2D eigenvalue weighted by atomic mass is 79.9. The summed E-state index contributed by atoms with van der Waals surface area (Å²) in [4.78, 5) is 0. The van der Waals surface area contributed by atoms with Gasteiger partial charge in [-0.25, -0.2) is 0 Å². The van der Waals surface area contributed by atoms with Gasteiger partial charge in [0.15, 0.2) is 0 Å². The zero-order valence-corrected chi connectivity index (χ0v) is 7.97. The number of halogens is 2. The lowest BCUT2D eigenvalue weighted by atomic mass is 10.3. The van der Waals surface area contributed by atoms with Gasteiger partial charge in [-0.15, -0.1) is 0 Å². The summed E-state index contributed by atoms with van der Waals surface area (Å²) < 4.78 is 0. The molecule has 0 saturated heterocycles. The molecule has 0 heterocycles. The second-order valence-corrected chi connectivity index (χ2v) is 8.53. The SMILES string of the molecule is OB(O)O.[Br][Mg][Br]. The maximum Gasteiger partial charge on any atom is 0.631 e. The van der Waals surface area contributed by atoms with Gasteiger partial charge in [-0.3, -0.25) is 25.8 Å². The first kappa shape index (κ1) is 11.5. The van der Waals surface area contributed by atoms with Crippen molar-refractivity contribution in [1.29, 1.82) is 0 Å². The normalized spacial score (nSPS) is 5.29. The molecular formula is H3BBr2MgO3. The highest BCUT2D eigenvalue weighted by Gasteiger charge is 1.92. The third kappa shape index (κ3) is 88.3. The molecule has 0 saturated carbocycles. The number of hydrogen-bond acceptors (Lipinski definition) is 3. The summed E-state index contributed by atoms with van der Waals surface area (Å²) in [6.45, 7) is 0. The van der Waals surface area contributed by atoms with Crippen molar-refractivity contribution >= 4 is 49.1 Å². The van der Waals surface area contributed by atoms with Crippen LogP contribution in [0.4, 0.5) is 0 Å². The Labute approximate surface area is 63.8 Å². The molecular weight excluding hydrogens is 243 g/mol. The molecule has 0 radical (unpaired) electrons. The summed E-state index contributed by atoms with van der Waals surface area (Å²) in [5.41, 5.74) is 0. The zero-order valence-electron chi connectivity index (χ0n) is 3.38. The van der Waals surface area contributed by atoms with Crippen molar-refractivity contribution in [2.24, 2.45) is 0 Å². The van der Waals surface area contributed by atoms with E-state index >= 15 is 0 Å². The molecule has 0 aromatic heterocycles. The van der Waals surface area contributed by atoms with E-state index in [1.54, 1.807) is 0 Å². The maximum absolute atomic E-state index is 7.17. The van der Waals surface area contributed by atoms with Crippen LogP contribution in [0.2, 0.25) is 0 Å². The van der Waals surface area contributed by atoms with Crippen molar-refractivity contribution in [2.75, 3.05) is 0 Å². The van der Waals surface area contributed by atoms with E-state index in [0.29, 0.717) is 0 Å². The summed E-state index contributed by atoms with van der Waals surface area (Å²) in [5, 5.41) is 21.5. The summed E-state index contributed by atoms with van der Waals surface area (Å²) in [5.74, 6) is 0. The standard InChI is InChI=1S/BH3O3.2BrH.Mg/c2-1(3)4;;;/h2-4H;2*1H;/q;;;+2/p-2. The van der Waals surface area contributed by atoms with Crippen LogP contribution in [-0.4, -0.2) is 38.4 Å². The van der Waals surface area contributed by atoms with Gasteiger partial charge in [0.1, 0.15) is 0 Å². The fraction of sp³-hybridized carbons (Fsp3) is 0. The van der Waals surface area contributed by atoms with E-state index in [1.165, 1.54) is 0 Å². The minimum atomic E-state index is -2.17. The fourth-order valence-electron chi connectivity index (χ4n) is 0. The Morgan fingerprint density at radius 2 is 1.14 bits per heavy atom. The van der Waals surface area contributed by atoms with Crippen molar-refractivity contribution < 1.29 is 15.1 Å². The Bertz CT molecular complexity index is 24.1. The second kappa shape index (κ2) is 10.6. The van der Waals surface area contributed by atoms with Crippen LogP contribution < -0.4 is 0 Å². The van der Waals surface area contributed by atoms with Crippen LogP contribution in [0.15, 0.2) is 0 Å². The first-order valence-corrected chi connectivity index (χ1v) is 9.11. The summed E-state index contributed by atoms with van der Waals surface area (Å²) in [7, 11) is -2.17. The largest absolute Gasteiger partial charge is 0.631 e. The molecule has 3 N–H and O–H groups in total. The van der Waals surface area contributed by atoms with E-state index in [1.807, 2.05) is 0 Å². The molecule has 7 heteroatoms. The number of rotatable bonds is 0. The third-order valence-electron chi connectivity index (χ3n) is 0. The molecule has 0 aliphatic heterocycles. The molecule has 0 bridgehead atoms. The molecule has 0 fully saturated rings. The Morgan fingerprint density at radius 3 is 1.14 bits per heavy atom. The summed E-state index contributed by atoms with van der Waals surface area (Å²) >= 11 is 6.44. The van der Waals surface area contributed by atoms with Gasteiger partial charge < -0.3 is 15.1 Å². The van der Waals surface area contributed by atoms with E-state index < -0.39 is 7.32 Å². The van der Waals surface area contributed by atoms with Crippen LogP contribution in [0.5, 0.6) is 0 Å². The summed E-state index contributed by atoms with van der Waals surface area (Å²) in [6.07, 6.45) is 0. The van der Waals surface area contributed by atoms with Crippen molar-refractivity contribution in [2.45, 2.75) is 0 Å². The van der Waals surface area contributed by atoms with Gasteiger partial charge in [-0.1, -0.05) is 0 Å². The third-order valence-corrected chi connectivity index (χ3v) is 0. The van der Waals surface area contributed by atoms with Crippen LogP contribution in [0, 0.1) is 0 Å². The van der Waals surface area contributed by atoms with E-state index in [2.05, 4.69) is 25.8 Å². The van der Waals surface area contributed by atoms with Crippen LogP contribution in [-0.2, 0) is 0 Å². The Morgan fingerprint density at radius 1 is 1.14 bits per heavy atom.